The van der Waals surface area contributed by atoms with Gasteiger partial charge in [-0.15, -0.1) is 0 Å². The summed E-state index contributed by atoms with van der Waals surface area (Å²) in [4.78, 5) is 15.1. The summed E-state index contributed by atoms with van der Waals surface area (Å²) in [6.07, 6.45) is 0.998. The highest BCUT2D eigenvalue weighted by atomic mass is 16.5. The van der Waals surface area contributed by atoms with E-state index in [4.69, 9.17) is 14.2 Å². The van der Waals surface area contributed by atoms with Crippen molar-refractivity contribution in [2.24, 2.45) is 11.8 Å². The summed E-state index contributed by atoms with van der Waals surface area (Å²) in [5.41, 5.74) is 4.24. The van der Waals surface area contributed by atoms with Crippen molar-refractivity contribution in [3.63, 3.8) is 0 Å². The predicted octanol–water partition coefficient (Wildman–Crippen LogP) is 2.01. The molecule has 7 heteroatoms. The number of aryl methyl sites for hydroxylation is 1. The second-order valence-electron chi connectivity index (χ2n) is 8.73. The number of nitrogens with zero attached hydrogens (tertiary/aromatic N) is 1. The maximum atomic E-state index is 12.8. The molecule has 0 bridgehead atoms. The Labute approximate surface area is 186 Å². The Morgan fingerprint density at radius 3 is 2.77 bits per heavy atom. The van der Waals surface area contributed by atoms with Gasteiger partial charge in [0.1, 0.15) is 12.4 Å². The van der Waals surface area contributed by atoms with E-state index in [-0.39, 0.29) is 17.7 Å². The van der Waals surface area contributed by atoms with Crippen LogP contribution in [-0.2, 0) is 20.7 Å². The number of rotatable bonds is 9. The summed E-state index contributed by atoms with van der Waals surface area (Å²) in [6, 6.07) is 2.05. The fourth-order valence-corrected chi connectivity index (χ4v) is 4.80. The standard InChI is InChI=1S/C24H38N2O5/c1-16-15-21(31-14-13-29-4)18(3)22-19(16)5-6-20(23(22)27)17(2)24(28)25-7-8-26-9-11-30-12-10-26/h15,17,20,23,27H,5-14H2,1-4H3,(H,25,28)/t17-,20-,23+/m0/s1. The van der Waals surface area contributed by atoms with Crippen LogP contribution in [0.1, 0.15) is 41.7 Å². The molecule has 3 rings (SSSR count). The summed E-state index contributed by atoms with van der Waals surface area (Å²) in [7, 11) is 1.65. The van der Waals surface area contributed by atoms with Crippen LogP contribution in [0, 0.1) is 25.7 Å². The fourth-order valence-electron chi connectivity index (χ4n) is 4.80. The lowest BCUT2D eigenvalue weighted by molar-refractivity contribution is -0.128. The predicted molar refractivity (Wildman–Crippen MR) is 119 cm³/mol. The first-order valence-electron chi connectivity index (χ1n) is 11.4. The normalized spacial score (nSPS) is 22.6. The number of carbonyl (C=O) groups is 1. The maximum absolute atomic E-state index is 12.8. The molecule has 2 aliphatic rings. The topological polar surface area (TPSA) is 80.3 Å². The molecule has 0 radical (unpaired) electrons. The molecule has 3 atom stereocenters. The summed E-state index contributed by atoms with van der Waals surface area (Å²) in [5.74, 6) is 0.437. The second-order valence-corrected chi connectivity index (χ2v) is 8.73. The van der Waals surface area contributed by atoms with Crippen LogP contribution < -0.4 is 10.1 Å². The molecule has 1 saturated heterocycles. The first-order chi connectivity index (χ1) is 14.9. The van der Waals surface area contributed by atoms with Crippen LogP contribution in [0.25, 0.3) is 0 Å². The molecular formula is C24H38N2O5. The molecule has 1 aliphatic carbocycles. The Balaban J connectivity index is 1.64. The number of benzene rings is 1. The van der Waals surface area contributed by atoms with E-state index in [1.54, 1.807) is 7.11 Å². The van der Waals surface area contributed by atoms with Crippen molar-refractivity contribution in [3.05, 3.63) is 28.3 Å². The third-order valence-corrected chi connectivity index (χ3v) is 6.78. The Hall–Kier alpha value is -1.67. The molecule has 1 amide bonds. The van der Waals surface area contributed by atoms with E-state index in [9.17, 15) is 9.90 Å². The van der Waals surface area contributed by atoms with E-state index in [1.807, 2.05) is 13.8 Å². The number of hydrogen-bond acceptors (Lipinski definition) is 6. The van der Waals surface area contributed by atoms with Crippen molar-refractivity contribution in [1.29, 1.82) is 0 Å². The number of carbonyl (C=O) groups excluding carboxylic acids is 1. The number of methoxy groups -OCH3 is 1. The van der Waals surface area contributed by atoms with Crippen LogP contribution in [0.2, 0.25) is 0 Å². The Morgan fingerprint density at radius 1 is 1.32 bits per heavy atom. The number of hydrogen-bond donors (Lipinski definition) is 2. The number of aliphatic hydroxyl groups excluding tert-OH is 1. The minimum absolute atomic E-state index is 0.0163. The van der Waals surface area contributed by atoms with Gasteiger partial charge in [-0.2, -0.15) is 0 Å². The molecule has 0 unspecified atom stereocenters. The zero-order valence-corrected chi connectivity index (χ0v) is 19.4. The quantitative estimate of drug-likeness (QED) is 0.579. The van der Waals surface area contributed by atoms with Crippen molar-refractivity contribution >= 4 is 5.91 Å². The van der Waals surface area contributed by atoms with E-state index in [0.717, 1.165) is 68.1 Å². The average molecular weight is 435 g/mol. The minimum atomic E-state index is -0.673. The van der Waals surface area contributed by atoms with Crippen molar-refractivity contribution in [2.75, 3.05) is 59.7 Å². The molecule has 1 aliphatic heterocycles. The van der Waals surface area contributed by atoms with Gasteiger partial charge in [0.15, 0.2) is 0 Å². The van der Waals surface area contributed by atoms with Gasteiger partial charge in [0.25, 0.3) is 0 Å². The smallest absolute Gasteiger partial charge is 0.223 e. The molecular weight excluding hydrogens is 396 g/mol. The summed E-state index contributed by atoms with van der Waals surface area (Å²) >= 11 is 0. The van der Waals surface area contributed by atoms with E-state index in [0.29, 0.717) is 19.8 Å². The van der Waals surface area contributed by atoms with E-state index < -0.39 is 6.10 Å². The molecule has 1 aromatic rings. The monoisotopic (exact) mass is 434 g/mol. The number of amides is 1. The van der Waals surface area contributed by atoms with Gasteiger partial charge in [0.2, 0.25) is 5.91 Å². The van der Waals surface area contributed by atoms with Crippen LogP contribution in [0.3, 0.4) is 0 Å². The molecule has 1 fully saturated rings. The van der Waals surface area contributed by atoms with E-state index in [1.165, 1.54) is 5.56 Å². The summed E-state index contributed by atoms with van der Waals surface area (Å²) in [5, 5.41) is 14.4. The van der Waals surface area contributed by atoms with Gasteiger partial charge in [-0.05, 0) is 55.0 Å². The average Bonchev–Trinajstić information content (AvgIpc) is 2.77. The SMILES string of the molecule is COCCOc1cc(C)c2c(c1C)[C@H](O)[C@H]([C@H](C)C(=O)NCCN1CCOCC1)CC2. The lowest BCUT2D eigenvalue weighted by Gasteiger charge is -2.36. The minimum Gasteiger partial charge on any atom is -0.491 e. The molecule has 1 heterocycles. The highest BCUT2D eigenvalue weighted by Gasteiger charge is 2.37. The molecule has 0 saturated carbocycles. The molecule has 2 N–H and O–H groups in total. The maximum Gasteiger partial charge on any atom is 0.223 e. The zero-order valence-electron chi connectivity index (χ0n) is 19.4. The van der Waals surface area contributed by atoms with Crippen LogP contribution in [0.4, 0.5) is 0 Å². The fraction of sp³-hybridized carbons (Fsp3) is 0.708. The molecule has 31 heavy (non-hydrogen) atoms. The Morgan fingerprint density at radius 2 is 2.06 bits per heavy atom. The van der Waals surface area contributed by atoms with Gasteiger partial charge in [0.05, 0.1) is 25.9 Å². The van der Waals surface area contributed by atoms with Crippen molar-refractivity contribution in [1.82, 2.24) is 10.2 Å². The molecule has 0 spiro atoms. The Kier molecular flexibility index (Phi) is 8.72. The Bertz CT molecular complexity index is 748. The molecule has 0 aromatic heterocycles. The van der Waals surface area contributed by atoms with E-state index >= 15 is 0 Å². The number of aliphatic hydroxyl groups is 1. The summed E-state index contributed by atoms with van der Waals surface area (Å²) < 4.78 is 16.3. The van der Waals surface area contributed by atoms with Crippen molar-refractivity contribution in [3.8, 4) is 5.75 Å². The van der Waals surface area contributed by atoms with Gasteiger partial charge in [-0.1, -0.05) is 6.92 Å². The number of fused-ring (bicyclic) bond motifs is 1. The highest BCUT2D eigenvalue weighted by Crippen LogP contribution is 2.43. The van der Waals surface area contributed by atoms with Crippen LogP contribution in [0.15, 0.2) is 6.07 Å². The van der Waals surface area contributed by atoms with Crippen LogP contribution >= 0.6 is 0 Å². The van der Waals surface area contributed by atoms with Gasteiger partial charge in [-0.3, -0.25) is 9.69 Å². The van der Waals surface area contributed by atoms with E-state index in [2.05, 4.69) is 23.2 Å². The largest absolute Gasteiger partial charge is 0.491 e. The third kappa shape index (κ3) is 5.77. The number of nitrogens with one attached hydrogen (secondary N) is 1. The lowest BCUT2D eigenvalue weighted by atomic mass is 9.72. The molecule has 7 nitrogen and oxygen atoms in total. The highest BCUT2D eigenvalue weighted by molar-refractivity contribution is 5.78. The zero-order chi connectivity index (χ0) is 22.4. The summed E-state index contributed by atoms with van der Waals surface area (Å²) in [6.45, 7) is 11.8. The van der Waals surface area contributed by atoms with Gasteiger partial charge in [0, 0.05) is 45.1 Å². The van der Waals surface area contributed by atoms with Crippen LogP contribution in [0.5, 0.6) is 5.75 Å². The number of ether oxygens (including phenoxy) is 3. The first-order valence-corrected chi connectivity index (χ1v) is 11.4. The van der Waals surface area contributed by atoms with Gasteiger partial charge >= 0.3 is 0 Å². The van der Waals surface area contributed by atoms with Crippen LogP contribution in [-0.4, -0.2) is 75.6 Å². The van der Waals surface area contributed by atoms with Crippen molar-refractivity contribution < 1.29 is 24.1 Å². The van der Waals surface area contributed by atoms with Gasteiger partial charge < -0.3 is 24.6 Å². The second kappa shape index (κ2) is 11.3. The first kappa shape index (κ1) is 24.0. The third-order valence-electron chi connectivity index (χ3n) is 6.78. The van der Waals surface area contributed by atoms with Gasteiger partial charge in [-0.25, -0.2) is 0 Å². The lowest BCUT2D eigenvalue weighted by Crippen LogP contribution is -2.43. The molecule has 1 aromatic carbocycles. The molecule has 174 valence electrons. The number of morpholine rings is 1. The van der Waals surface area contributed by atoms with Crippen molar-refractivity contribution in [2.45, 2.75) is 39.7 Å².